The Labute approximate surface area is 166 Å². The van der Waals surface area contributed by atoms with Crippen LogP contribution in [0.15, 0.2) is 30.5 Å². The van der Waals surface area contributed by atoms with Crippen molar-refractivity contribution in [2.24, 2.45) is 17.6 Å². The van der Waals surface area contributed by atoms with E-state index in [-0.39, 0.29) is 17.2 Å². The average Bonchev–Trinajstić information content (AvgIpc) is 2.71. The Kier molecular flexibility index (Phi) is 6.36. The Morgan fingerprint density at radius 2 is 1.97 bits per heavy atom. The Morgan fingerprint density at radius 1 is 1.21 bits per heavy atom. The van der Waals surface area contributed by atoms with E-state index in [9.17, 15) is 18.0 Å². The second kappa shape index (κ2) is 8.77. The largest absolute Gasteiger partial charge is 0.418 e. The fourth-order valence-electron chi connectivity index (χ4n) is 3.75. The lowest BCUT2D eigenvalue weighted by atomic mass is 9.81. The van der Waals surface area contributed by atoms with Crippen molar-refractivity contribution in [3.8, 4) is 0 Å². The number of pyridine rings is 2. The highest BCUT2D eigenvalue weighted by molar-refractivity contribution is 6.11. The van der Waals surface area contributed by atoms with Gasteiger partial charge in [-0.3, -0.25) is 4.79 Å². The highest BCUT2D eigenvalue weighted by Crippen LogP contribution is 2.34. The molecule has 2 atom stereocenters. The summed E-state index contributed by atoms with van der Waals surface area (Å²) in [4.78, 5) is 20.5. The summed E-state index contributed by atoms with van der Waals surface area (Å²) in [6.45, 7) is 1.21. The van der Waals surface area contributed by atoms with Crippen LogP contribution in [0.25, 0.3) is 0 Å². The number of hydrogen-bond acceptors (Lipinski definition) is 6. The maximum atomic E-state index is 13.4. The van der Waals surface area contributed by atoms with Crippen LogP contribution in [0.2, 0.25) is 0 Å². The number of nitrogen functional groups attached to an aromatic ring is 1. The van der Waals surface area contributed by atoms with Gasteiger partial charge in [0.1, 0.15) is 17.3 Å². The molecule has 0 bridgehead atoms. The van der Waals surface area contributed by atoms with Crippen LogP contribution in [-0.4, -0.2) is 28.8 Å². The number of nitrogens with one attached hydrogen (secondary N) is 1. The molecule has 0 aromatic carbocycles. The predicted octanol–water partition coefficient (Wildman–Crippen LogP) is 3.49. The van der Waals surface area contributed by atoms with Gasteiger partial charge < -0.3 is 16.8 Å². The molecule has 0 saturated heterocycles. The number of nitrogens with zero attached hydrogens (tertiary/aromatic N) is 2. The SMILES string of the molecule is NCC1CCCC(CNc2ccc(C(F)(F)F)c(C(=O)c3cccnc3N)n2)C1. The first kappa shape index (κ1) is 21.0. The van der Waals surface area contributed by atoms with Crippen molar-refractivity contribution in [1.29, 1.82) is 0 Å². The normalized spacial score (nSPS) is 19.7. The third-order valence-electron chi connectivity index (χ3n) is 5.30. The molecule has 0 radical (unpaired) electrons. The molecular formula is C20H24F3N5O. The van der Waals surface area contributed by atoms with E-state index in [0.717, 1.165) is 31.7 Å². The molecule has 1 saturated carbocycles. The molecule has 1 aliphatic carbocycles. The first-order valence-corrected chi connectivity index (χ1v) is 9.57. The number of ketones is 1. The molecule has 2 aromatic heterocycles. The van der Waals surface area contributed by atoms with Crippen molar-refractivity contribution in [3.05, 3.63) is 47.3 Å². The number of anilines is 2. The van der Waals surface area contributed by atoms with Crippen molar-refractivity contribution in [3.63, 3.8) is 0 Å². The van der Waals surface area contributed by atoms with Gasteiger partial charge in [-0.1, -0.05) is 6.42 Å². The summed E-state index contributed by atoms with van der Waals surface area (Å²) in [5.41, 5.74) is 9.53. The van der Waals surface area contributed by atoms with Crippen LogP contribution in [0, 0.1) is 11.8 Å². The molecule has 6 nitrogen and oxygen atoms in total. The van der Waals surface area contributed by atoms with Gasteiger partial charge in [-0.2, -0.15) is 13.2 Å². The van der Waals surface area contributed by atoms with Gasteiger partial charge in [0.25, 0.3) is 0 Å². The Bertz CT molecular complexity index is 871. The average molecular weight is 407 g/mol. The summed E-state index contributed by atoms with van der Waals surface area (Å²) in [7, 11) is 0. The second-order valence-electron chi connectivity index (χ2n) is 7.37. The molecule has 1 fully saturated rings. The van der Waals surface area contributed by atoms with Crippen LogP contribution in [0.1, 0.15) is 47.3 Å². The zero-order valence-electron chi connectivity index (χ0n) is 15.9. The minimum Gasteiger partial charge on any atom is -0.383 e. The standard InChI is InChI=1S/C20H24F3N5O/c21-20(22,23)15-6-7-16(27-11-13-4-1-3-12(9-13)10-24)28-17(15)18(29)14-5-2-8-26-19(14)25/h2,5-8,12-13H,1,3-4,9-11,24H2,(H2,25,26)(H,27,28). The third-order valence-corrected chi connectivity index (χ3v) is 5.30. The Balaban J connectivity index is 1.84. The van der Waals surface area contributed by atoms with Crippen LogP contribution in [0.4, 0.5) is 24.8 Å². The number of rotatable bonds is 6. The molecule has 2 unspecified atom stereocenters. The summed E-state index contributed by atoms with van der Waals surface area (Å²) < 4.78 is 40.3. The lowest BCUT2D eigenvalue weighted by Gasteiger charge is -2.28. The zero-order valence-corrected chi connectivity index (χ0v) is 15.9. The van der Waals surface area contributed by atoms with Crippen LogP contribution in [0.3, 0.4) is 0 Å². The lowest BCUT2D eigenvalue weighted by molar-refractivity contribution is -0.138. The maximum absolute atomic E-state index is 13.4. The number of carbonyl (C=O) groups is 1. The van der Waals surface area contributed by atoms with Crippen molar-refractivity contribution >= 4 is 17.4 Å². The highest BCUT2D eigenvalue weighted by atomic mass is 19.4. The third kappa shape index (κ3) is 5.03. The van der Waals surface area contributed by atoms with Gasteiger partial charge in [0.15, 0.2) is 0 Å². The van der Waals surface area contributed by atoms with Crippen molar-refractivity contribution < 1.29 is 18.0 Å². The van der Waals surface area contributed by atoms with E-state index < -0.39 is 23.2 Å². The minimum absolute atomic E-state index is 0.110. The number of halogens is 3. The molecule has 9 heteroatoms. The van der Waals surface area contributed by atoms with Crippen molar-refractivity contribution in [1.82, 2.24) is 9.97 Å². The Hall–Kier alpha value is -2.68. The van der Waals surface area contributed by atoms with Gasteiger partial charge in [0.2, 0.25) is 5.78 Å². The number of hydrogen-bond donors (Lipinski definition) is 3. The van der Waals surface area contributed by atoms with E-state index in [1.807, 2.05) is 0 Å². The molecule has 0 aliphatic heterocycles. The molecule has 156 valence electrons. The van der Waals surface area contributed by atoms with E-state index in [0.29, 0.717) is 24.9 Å². The van der Waals surface area contributed by atoms with E-state index in [1.165, 1.54) is 24.4 Å². The van der Waals surface area contributed by atoms with Crippen molar-refractivity contribution in [2.75, 3.05) is 24.1 Å². The minimum atomic E-state index is -4.72. The smallest absolute Gasteiger partial charge is 0.383 e. The first-order valence-electron chi connectivity index (χ1n) is 9.57. The second-order valence-corrected chi connectivity index (χ2v) is 7.37. The topological polar surface area (TPSA) is 107 Å². The van der Waals surface area contributed by atoms with E-state index in [1.54, 1.807) is 0 Å². The zero-order chi connectivity index (χ0) is 21.0. The molecular weight excluding hydrogens is 383 g/mol. The summed E-state index contributed by atoms with van der Waals surface area (Å²) >= 11 is 0. The van der Waals surface area contributed by atoms with E-state index in [4.69, 9.17) is 11.5 Å². The van der Waals surface area contributed by atoms with Crippen LogP contribution >= 0.6 is 0 Å². The van der Waals surface area contributed by atoms with Gasteiger partial charge in [-0.25, -0.2) is 9.97 Å². The molecule has 2 aromatic rings. The molecule has 5 N–H and O–H groups in total. The fraction of sp³-hybridized carbons (Fsp3) is 0.450. The van der Waals surface area contributed by atoms with Crippen LogP contribution in [-0.2, 0) is 6.18 Å². The monoisotopic (exact) mass is 407 g/mol. The van der Waals surface area contributed by atoms with Gasteiger partial charge in [0, 0.05) is 12.7 Å². The number of nitrogens with two attached hydrogens (primary N) is 2. The van der Waals surface area contributed by atoms with Gasteiger partial charge in [-0.05, 0) is 61.9 Å². The maximum Gasteiger partial charge on any atom is 0.418 e. The molecule has 0 amide bonds. The quantitative estimate of drug-likeness (QED) is 0.633. The highest BCUT2D eigenvalue weighted by Gasteiger charge is 2.37. The van der Waals surface area contributed by atoms with E-state index in [2.05, 4.69) is 15.3 Å². The summed E-state index contributed by atoms with van der Waals surface area (Å²) in [5, 5.41) is 3.08. The summed E-state index contributed by atoms with van der Waals surface area (Å²) in [5.74, 6) is 0.0169. The van der Waals surface area contributed by atoms with Crippen LogP contribution < -0.4 is 16.8 Å². The Morgan fingerprint density at radius 3 is 2.66 bits per heavy atom. The lowest BCUT2D eigenvalue weighted by Crippen LogP contribution is -2.27. The molecule has 0 spiro atoms. The predicted molar refractivity (Wildman–Crippen MR) is 104 cm³/mol. The number of carbonyl (C=O) groups excluding carboxylic acids is 1. The summed E-state index contributed by atoms with van der Waals surface area (Å²) in [6.07, 6.45) is 0.839. The van der Waals surface area contributed by atoms with Crippen LogP contribution in [0.5, 0.6) is 0 Å². The molecule has 1 aliphatic rings. The van der Waals surface area contributed by atoms with E-state index >= 15 is 0 Å². The molecule has 29 heavy (non-hydrogen) atoms. The summed E-state index contributed by atoms with van der Waals surface area (Å²) in [6, 6.07) is 4.89. The van der Waals surface area contributed by atoms with Crippen molar-refractivity contribution in [2.45, 2.75) is 31.9 Å². The van der Waals surface area contributed by atoms with Gasteiger partial charge in [-0.15, -0.1) is 0 Å². The number of aromatic nitrogens is 2. The first-order chi connectivity index (χ1) is 13.8. The fourth-order valence-corrected chi connectivity index (χ4v) is 3.75. The molecule has 2 heterocycles. The van der Waals surface area contributed by atoms with Gasteiger partial charge >= 0.3 is 6.18 Å². The van der Waals surface area contributed by atoms with Gasteiger partial charge in [0.05, 0.1) is 11.1 Å². The number of alkyl halides is 3. The molecule has 3 rings (SSSR count).